The number of phenols is 1. The lowest BCUT2D eigenvalue weighted by atomic mass is 9.98. The Morgan fingerprint density at radius 3 is 2.02 bits per heavy atom. The highest BCUT2D eigenvalue weighted by Crippen LogP contribution is 2.27. The summed E-state index contributed by atoms with van der Waals surface area (Å²) in [6.45, 7) is 9.46. The number of aromatic hydroxyl groups is 1. The van der Waals surface area contributed by atoms with Crippen LogP contribution in [0.5, 0.6) is 11.5 Å². The van der Waals surface area contributed by atoms with E-state index in [9.17, 15) is 19.5 Å². The number of phenolic OH excluding ortho intramolecular Hbond substituents is 1. The smallest absolute Gasteiger partial charge is 0.408 e. The van der Waals surface area contributed by atoms with Crippen molar-refractivity contribution in [3.63, 3.8) is 0 Å². The molecular weight excluding hydrogens is 546 g/mol. The number of hydrogen-bond donors (Lipinski definition) is 3. The summed E-state index contributed by atoms with van der Waals surface area (Å²) in [4.78, 5) is 42.8. The monoisotopic (exact) mass is 589 g/mol. The van der Waals surface area contributed by atoms with Crippen LogP contribution in [0.1, 0.15) is 63.8 Å². The first-order valence-electron chi connectivity index (χ1n) is 14.6. The topological polar surface area (TPSA) is 117 Å². The third-order valence-electron chi connectivity index (χ3n) is 6.73. The SMILES string of the molecule is CCCN(C(=O)C(Cc1ccc(O)cc1)NC(=O)OC(C)(C)C)C(C(=O)Nc1ccc(OC)cc1)c1ccc(CC)cc1. The number of amides is 3. The lowest BCUT2D eigenvalue weighted by Gasteiger charge is -2.34. The third-order valence-corrected chi connectivity index (χ3v) is 6.73. The molecule has 0 aliphatic rings. The number of rotatable bonds is 12. The summed E-state index contributed by atoms with van der Waals surface area (Å²) in [5, 5.41) is 15.5. The van der Waals surface area contributed by atoms with E-state index in [2.05, 4.69) is 10.6 Å². The van der Waals surface area contributed by atoms with E-state index in [1.807, 2.05) is 38.1 Å². The molecule has 0 saturated heterocycles. The van der Waals surface area contributed by atoms with Gasteiger partial charge in [0.2, 0.25) is 5.91 Å². The maximum atomic E-state index is 14.4. The fourth-order valence-electron chi connectivity index (χ4n) is 4.62. The fourth-order valence-corrected chi connectivity index (χ4v) is 4.62. The van der Waals surface area contributed by atoms with E-state index >= 15 is 0 Å². The lowest BCUT2D eigenvalue weighted by Crippen LogP contribution is -2.53. The van der Waals surface area contributed by atoms with E-state index in [1.165, 1.54) is 17.0 Å². The van der Waals surface area contributed by atoms with E-state index in [0.29, 0.717) is 23.4 Å². The first-order chi connectivity index (χ1) is 20.4. The van der Waals surface area contributed by atoms with Crippen LogP contribution >= 0.6 is 0 Å². The largest absolute Gasteiger partial charge is 0.508 e. The molecule has 0 radical (unpaired) electrons. The van der Waals surface area contributed by atoms with Crippen molar-refractivity contribution in [1.82, 2.24) is 10.2 Å². The Bertz CT molecular complexity index is 1350. The molecule has 3 aromatic carbocycles. The van der Waals surface area contributed by atoms with Gasteiger partial charge in [0.1, 0.15) is 29.2 Å². The second-order valence-corrected chi connectivity index (χ2v) is 11.3. The molecule has 0 aliphatic heterocycles. The van der Waals surface area contributed by atoms with Crippen LogP contribution in [0.2, 0.25) is 0 Å². The normalized spacial score (nSPS) is 12.5. The zero-order valence-electron chi connectivity index (χ0n) is 25.8. The molecule has 9 nitrogen and oxygen atoms in total. The zero-order chi connectivity index (χ0) is 31.6. The molecule has 2 atom stereocenters. The number of methoxy groups -OCH3 is 1. The Morgan fingerprint density at radius 2 is 1.49 bits per heavy atom. The third kappa shape index (κ3) is 9.77. The number of alkyl carbamates (subject to hydrolysis) is 1. The van der Waals surface area contributed by atoms with Crippen molar-refractivity contribution in [2.75, 3.05) is 19.0 Å². The number of nitrogens with zero attached hydrogens (tertiary/aromatic N) is 1. The van der Waals surface area contributed by atoms with Crippen molar-refractivity contribution in [2.24, 2.45) is 0 Å². The van der Waals surface area contributed by atoms with Gasteiger partial charge in [-0.15, -0.1) is 0 Å². The highest BCUT2D eigenvalue weighted by Gasteiger charge is 2.36. The molecule has 0 aromatic heterocycles. The summed E-state index contributed by atoms with van der Waals surface area (Å²) < 4.78 is 10.7. The van der Waals surface area contributed by atoms with E-state index in [-0.39, 0.29) is 18.7 Å². The molecule has 43 heavy (non-hydrogen) atoms. The average molecular weight is 590 g/mol. The van der Waals surface area contributed by atoms with Crippen molar-refractivity contribution in [3.8, 4) is 11.5 Å². The second-order valence-electron chi connectivity index (χ2n) is 11.3. The minimum Gasteiger partial charge on any atom is -0.508 e. The number of carbonyl (C=O) groups excluding carboxylic acids is 3. The van der Waals surface area contributed by atoms with E-state index in [0.717, 1.165) is 17.5 Å². The molecule has 3 aromatic rings. The van der Waals surface area contributed by atoms with Gasteiger partial charge in [0.05, 0.1) is 7.11 Å². The molecule has 230 valence electrons. The number of ether oxygens (including phenoxy) is 2. The van der Waals surface area contributed by atoms with Crippen LogP contribution in [0.25, 0.3) is 0 Å². The van der Waals surface area contributed by atoms with Gasteiger partial charge in [-0.3, -0.25) is 9.59 Å². The van der Waals surface area contributed by atoms with Crippen molar-refractivity contribution in [2.45, 2.75) is 71.6 Å². The van der Waals surface area contributed by atoms with Gasteiger partial charge in [-0.1, -0.05) is 50.2 Å². The maximum absolute atomic E-state index is 14.4. The Hall–Kier alpha value is -4.53. The minimum absolute atomic E-state index is 0.0881. The summed E-state index contributed by atoms with van der Waals surface area (Å²) in [6, 6.07) is 19.0. The Labute approximate surface area is 254 Å². The average Bonchev–Trinajstić information content (AvgIpc) is 2.97. The van der Waals surface area contributed by atoms with Crippen LogP contribution in [0, 0.1) is 0 Å². The van der Waals surface area contributed by atoms with Crippen LogP contribution in [0.15, 0.2) is 72.8 Å². The van der Waals surface area contributed by atoms with Gasteiger partial charge < -0.3 is 30.1 Å². The highest BCUT2D eigenvalue weighted by atomic mass is 16.6. The number of nitrogens with one attached hydrogen (secondary N) is 2. The summed E-state index contributed by atoms with van der Waals surface area (Å²) in [6.07, 6.45) is 0.784. The van der Waals surface area contributed by atoms with Crippen molar-refractivity contribution in [1.29, 1.82) is 0 Å². The molecular formula is C34H43N3O6. The Kier molecular flexibility index (Phi) is 11.6. The summed E-state index contributed by atoms with van der Waals surface area (Å²) in [5.41, 5.74) is 2.24. The second kappa shape index (κ2) is 15.1. The number of carbonyl (C=O) groups is 3. The van der Waals surface area contributed by atoms with Gasteiger partial charge in [0.25, 0.3) is 5.91 Å². The van der Waals surface area contributed by atoms with Crippen molar-refractivity contribution >= 4 is 23.6 Å². The number of benzene rings is 3. The standard InChI is InChI=1S/C34H43N3O6/c1-7-21-37(32(40)29(36-33(41)43-34(3,4)5)22-24-11-17-27(38)18-12-24)30(25-13-9-23(8-2)10-14-25)31(39)35-26-15-19-28(42-6)20-16-26/h9-20,29-30,38H,7-8,21-22H2,1-6H3,(H,35,39)(H,36,41). The molecule has 0 spiro atoms. The summed E-state index contributed by atoms with van der Waals surface area (Å²) >= 11 is 0. The van der Waals surface area contributed by atoms with Gasteiger partial charge in [0, 0.05) is 18.7 Å². The highest BCUT2D eigenvalue weighted by molar-refractivity contribution is 5.99. The quantitative estimate of drug-likeness (QED) is 0.238. The van der Waals surface area contributed by atoms with Crippen molar-refractivity contribution in [3.05, 3.63) is 89.5 Å². The molecule has 0 fully saturated rings. The summed E-state index contributed by atoms with van der Waals surface area (Å²) in [7, 11) is 1.57. The predicted octanol–water partition coefficient (Wildman–Crippen LogP) is 6.02. The van der Waals surface area contributed by atoms with Crippen LogP contribution in [-0.2, 0) is 27.2 Å². The van der Waals surface area contributed by atoms with Gasteiger partial charge >= 0.3 is 6.09 Å². The van der Waals surface area contributed by atoms with Crippen LogP contribution in [0.4, 0.5) is 10.5 Å². The number of hydrogen-bond acceptors (Lipinski definition) is 6. The molecule has 3 rings (SSSR count). The molecule has 3 amide bonds. The molecule has 2 unspecified atom stereocenters. The molecule has 0 saturated carbocycles. The van der Waals surface area contributed by atoms with E-state index < -0.39 is 35.6 Å². The first-order valence-corrected chi connectivity index (χ1v) is 14.6. The van der Waals surface area contributed by atoms with Crippen molar-refractivity contribution < 1.29 is 29.0 Å². The van der Waals surface area contributed by atoms with Crippen LogP contribution in [0.3, 0.4) is 0 Å². The molecule has 0 heterocycles. The molecule has 3 N–H and O–H groups in total. The van der Waals surface area contributed by atoms with Crippen LogP contribution in [-0.4, -0.2) is 53.2 Å². The van der Waals surface area contributed by atoms with Gasteiger partial charge in [-0.25, -0.2) is 4.79 Å². The van der Waals surface area contributed by atoms with Gasteiger partial charge in [0.15, 0.2) is 0 Å². The number of aryl methyl sites for hydroxylation is 1. The molecule has 0 bridgehead atoms. The van der Waals surface area contributed by atoms with E-state index in [1.54, 1.807) is 64.3 Å². The van der Waals surface area contributed by atoms with E-state index in [4.69, 9.17) is 9.47 Å². The number of anilines is 1. The lowest BCUT2D eigenvalue weighted by molar-refractivity contribution is -0.140. The first kappa shape index (κ1) is 33.0. The minimum atomic E-state index is -1.04. The molecule has 9 heteroatoms. The Balaban J connectivity index is 2.03. The Morgan fingerprint density at radius 1 is 0.884 bits per heavy atom. The summed E-state index contributed by atoms with van der Waals surface area (Å²) in [5.74, 6) is -0.0880. The predicted molar refractivity (Wildman–Crippen MR) is 167 cm³/mol. The fraction of sp³-hybridized carbons (Fsp3) is 0.382. The maximum Gasteiger partial charge on any atom is 0.408 e. The molecule has 0 aliphatic carbocycles. The van der Waals surface area contributed by atoms with Crippen LogP contribution < -0.4 is 15.4 Å². The zero-order valence-corrected chi connectivity index (χ0v) is 25.8. The van der Waals surface area contributed by atoms with Gasteiger partial charge in [-0.2, -0.15) is 0 Å². The van der Waals surface area contributed by atoms with Gasteiger partial charge in [-0.05, 0) is 86.7 Å².